The molecule has 3 aliphatic heterocycles. The summed E-state index contributed by atoms with van der Waals surface area (Å²) in [5.74, 6) is 2.08. The van der Waals surface area contributed by atoms with E-state index in [0.717, 1.165) is 79.6 Å². The van der Waals surface area contributed by atoms with Crippen LogP contribution in [0.3, 0.4) is 0 Å². The third-order valence-corrected chi connectivity index (χ3v) is 12.0. The molecule has 0 radical (unpaired) electrons. The van der Waals surface area contributed by atoms with Crippen molar-refractivity contribution in [1.82, 2.24) is 35.0 Å². The number of carbonyl (C=O) groups excluding carboxylic acids is 1. The summed E-state index contributed by atoms with van der Waals surface area (Å²) in [7, 11) is 2.23. The lowest BCUT2D eigenvalue weighted by molar-refractivity contribution is 0.143. The van der Waals surface area contributed by atoms with Gasteiger partial charge in [0.25, 0.3) is 0 Å². The predicted molar refractivity (Wildman–Crippen MR) is 218 cm³/mol. The van der Waals surface area contributed by atoms with Gasteiger partial charge in [-0.25, -0.2) is 4.79 Å². The lowest BCUT2D eigenvalue weighted by atomic mass is 9.85. The Morgan fingerprint density at radius 3 is 2.58 bits per heavy atom. The van der Waals surface area contributed by atoms with Gasteiger partial charge in [-0.1, -0.05) is 57.2 Å². The van der Waals surface area contributed by atoms with Crippen LogP contribution in [0.2, 0.25) is 0 Å². The first-order valence-electron chi connectivity index (χ1n) is 20.0. The first kappa shape index (κ1) is 37.0. The van der Waals surface area contributed by atoms with Crippen molar-refractivity contribution in [2.75, 3.05) is 36.9 Å². The molecule has 0 unspecified atom stereocenters. The number of benzene rings is 2. The average Bonchev–Trinajstić information content (AvgIpc) is 3.86. The SMILES string of the molecule is C[C@H]1CCCCN1c1nnc2ccc(O[C@@H]3CC[C@H](NC(=O)N/C(=C/C(=N)C(C)(C)C)Nc4cccc(CN5C[C@@H]6C[C@H]5CN6C)c4)c4ccccc43)cn12. The van der Waals surface area contributed by atoms with Gasteiger partial charge in [-0.2, -0.15) is 0 Å². The van der Waals surface area contributed by atoms with Gasteiger partial charge in [0.1, 0.15) is 17.7 Å². The van der Waals surface area contributed by atoms with E-state index in [1.165, 1.54) is 18.4 Å². The van der Waals surface area contributed by atoms with E-state index in [9.17, 15) is 4.79 Å². The Bertz CT molecular complexity index is 2070. The fourth-order valence-corrected chi connectivity index (χ4v) is 8.77. The Morgan fingerprint density at radius 1 is 0.982 bits per heavy atom. The number of aromatic nitrogens is 3. The second-order valence-corrected chi connectivity index (χ2v) is 17.1. The maximum absolute atomic E-state index is 13.8. The Balaban J connectivity index is 0.951. The zero-order chi connectivity index (χ0) is 38.3. The van der Waals surface area contributed by atoms with Gasteiger partial charge in [0.05, 0.1) is 12.2 Å². The van der Waals surface area contributed by atoms with Gasteiger partial charge in [-0.3, -0.25) is 14.6 Å². The van der Waals surface area contributed by atoms with Crippen molar-refractivity contribution < 1.29 is 9.53 Å². The maximum atomic E-state index is 13.8. The van der Waals surface area contributed by atoms with E-state index in [0.29, 0.717) is 36.1 Å². The normalized spacial score (nSPS) is 24.5. The van der Waals surface area contributed by atoms with E-state index in [1.807, 2.05) is 61.7 Å². The van der Waals surface area contributed by atoms with Gasteiger partial charge in [-0.15, -0.1) is 10.2 Å². The molecule has 4 N–H and O–H groups in total. The molecule has 2 bridgehead atoms. The Labute approximate surface area is 324 Å². The Hall–Kier alpha value is -4.94. The molecule has 290 valence electrons. The van der Waals surface area contributed by atoms with E-state index in [-0.39, 0.29) is 23.6 Å². The largest absolute Gasteiger partial charge is 0.484 e. The molecule has 2 amide bonds. The fourth-order valence-electron chi connectivity index (χ4n) is 8.77. The number of piperidine rings is 1. The summed E-state index contributed by atoms with van der Waals surface area (Å²) >= 11 is 0. The van der Waals surface area contributed by atoms with E-state index in [2.05, 4.69) is 85.2 Å². The zero-order valence-electron chi connectivity index (χ0n) is 32.9. The predicted octanol–water partition coefficient (Wildman–Crippen LogP) is 7.27. The summed E-state index contributed by atoms with van der Waals surface area (Å²) in [5.41, 5.74) is 5.02. The molecule has 4 aromatic rings. The Morgan fingerprint density at radius 2 is 1.82 bits per heavy atom. The van der Waals surface area contributed by atoms with Crippen LogP contribution < -0.4 is 25.6 Å². The number of amides is 2. The van der Waals surface area contributed by atoms with Crippen LogP contribution >= 0.6 is 0 Å². The van der Waals surface area contributed by atoms with Crippen molar-refractivity contribution in [3.63, 3.8) is 0 Å². The number of piperazine rings is 1. The second-order valence-electron chi connectivity index (χ2n) is 17.1. The van der Waals surface area contributed by atoms with Crippen LogP contribution in [0.5, 0.6) is 5.75 Å². The minimum absolute atomic E-state index is 0.170. The number of ether oxygens (including phenoxy) is 1. The van der Waals surface area contributed by atoms with Gasteiger partial charge in [0.15, 0.2) is 5.65 Å². The molecule has 5 atom stereocenters. The van der Waals surface area contributed by atoms with Gasteiger partial charge < -0.3 is 30.6 Å². The number of allylic oxidation sites excluding steroid dienone is 1. The van der Waals surface area contributed by atoms with Crippen LogP contribution in [0, 0.1) is 10.8 Å². The van der Waals surface area contributed by atoms with Crippen molar-refractivity contribution in [2.45, 2.75) is 103 Å². The van der Waals surface area contributed by atoms with Gasteiger partial charge in [-0.05, 0) is 93.5 Å². The highest BCUT2D eigenvalue weighted by atomic mass is 16.5. The molecular formula is C43H56N10O2. The van der Waals surface area contributed by atoms with Gasteiger partial charge >= 0.3 is 6.03 Å². The average molecular weight is 745 g/mol. The number of carbonyl (C=O) groups is 1. The molecule has 5 heterocycles. The molecule has 0 saturated carbocycles. The van der Waals surface area contributed by atoms with E-state index < -0.39 is 0 Å². The van der Waals surface area contributed by atoms with Crippen LogP contribution in [-0.4, -0.2) is 80.9 Å². The number of pyridine rings is 1. The molecule has 12 nitrogen and oxygen atoms in total. The van der Waals surface area contributed by atoms with E-state index in [4.69, 9.17) is 10.1 Å². The topological polar surface area (TPSA) is 126 Å². The number of likely N-dealkylation sites (tertiary alicyclic amines) is 2. The summed E-state index contributed by atoms with van der Waals surface area (Å²) in [6, 6.07) is 21.7. The minimum Gasteiger partial charge on any atom is -0.484 e. The molecule has 2 aromatic heterocycles. The fraction of sp³-hybridized carbons (Fsp3) is 0.488. The van der Waals surface area contributed by atoms with Crippen molar-refractivity contribution in [2.24, 2.45) is 5.41 Å². The number of urea groups is 1. The number of hydrogen-bond acceptors (Lipinski definition) is 9. The van der Waals surface area contributed by atoms with Crippen LogP contribution in [0.1, 0.15) is 95.1 Å². The molecule has 2 aromatic carbocycles. The van der Waals surface area contributed by atoms with Crippen molar-refractivity contribution in [1.29, 1.82) is 5.41 Å². The standard InChI is InChI=1S/C43H56N10O2/c1-28-11-8-9-20-52(28)42-49-48-40-19-16-33(27-53(40)42)55-37-18-17-36(34-14-6-7-15-35(34)37)46-41(54)47-39(23-38(44)43(2,3)4)45-30-13-10-12-29(21-30)24-51-26-31-22-32(51)25-50(31)5/h6-7,10,12-16,19,21,23,27-28,31-32,36-37,44-45H,8-9,11,17-18,20,22,24-26H2,1-5H3,(H2,46,47,54)/b39-23+,44-38?/t28-,31-,32-,36-,37+/m0/s1. The highest BCUT2D eigenvalue weighted by Gasteiger charge is 2.41. The third kappa shape index (κ3) is 8.07. The molecule has 12 heteroatoms. The number of likely N-dealkylation sites (N-methyl/N-ethyl adjacent to an activating group) is 1. The highest BCUT2D eigenvalue weighted by molar-refractivity contribution is 5.97. The van der Waals surface area contributed by atoms with Gasteiger partial charge in [0.2, 0.25) is 5.95 Å². The van der Waals surface area contributed by atoms with Crippen molar-refractivity contribution in [3.05, 3.63) is 95.4 Å². The quantitative estimate of drug-likeness (QED) is 0.125. The molecule has 55 heavy (non-hydrogen) atoms. The van der Waals surface area contributed by atoms with Crippen molar-refractivity contribution in [3.8, 4) is 5.75 Å². The Kier molecular flexibility index (Phi) is 10.3. The maximum Gasteiger partial charge on any atom is 0.320 e. The van der Waals surface area contributed by atoms with Crippen LogP contribution in [-0.2, 0) is 6.54 Å². The molecule has 0 spiro atoms. The molecule has 1 aliphatic carbocycles. The van der Waals surface area contributed by atoms with Crippen LogP contribution in [0.15, 0.2) is 78.8 Å². The summed E-state index contributed by atoms with van der Waals surface area (Å²) in [5, 5.41) is 27.5. The molecular weight excluding hydrogens is 689 g/mol. The van der Waals surface area contributed by atoms with Crippen LogP contribution in [0.4, 0.5) is 16.4 Å². The summed E-state index contributed by atoms with van der Waals surface area (Å²) < 4.78 is 8.73. The monoisotopic (exact) mass is 744 g/mol. The van der Waals surface area contributed by atoms with Crippen LogP contribution in [0.25, 0.3) is 5.65 Å². The smallest absolute Gasteiger partial charge is 0.320 e. The first-order valence-corrected chi connectivity index (χ1v) is 20.0. The van der Waals surface area contributed by atoms with E-state index >= 15 is 0 Å². The number of rotatable bonds is 10. The number of hydrogen-bond donors (Lipinski definition) is 4. The lowest BCUT2D eigenvalue weighted by Crippen LogP contribution is -2.43. The zero-order valence-corrected chi connectivity index (χ0v) is 32.9. The summed E-state index contributed by atoms with van der Waals surface area (Å²) in [6.45, 7) is 12.4. The number of anilines is 2. The third-order valence-electron chi connectivity index (χ3n) is 12.0. The molecule has 4 aliphatic rings. The molecule has 3 saturated heterocycles. The molecule has 8 rings (SSSR count). The summed E-state index contributed by atoms with van der Waals surface area (Å²) in [4.78, 5) is 21.2. The highest BCUT2D eigenvalue weighted by Crippen LogP contribution is 2.39. The van der Waals surface area contributed by atoms with Gasteiger partial charge in [0, 0.05) is 67.2 Å². The summed E-state index contributed by atoms with van der Waals surface area (Å²) in [6.07, 6.45) is 9.79. The first-order chi connectivity index (χ1) is 26.5. The molecule has 3 fully saturated rings. The lowest BCUT2D eigenvalue weighted by Gasteiger charge is -2.33. The van der Waals surface area contributed by atoms with E-state index in [1.54, 1.807) is 6.08 Å². The number of fused-ring (bicyclic) bond motifs is 4. The number of nitrogens with one attached hydrogen (secondary N) is 4. The number of nitrogens with zero attached hydrogens (tertiary/aromatic N) is 6. The van der Waals surface area contributed by atoms with Crippen molar-refractivity contribution >= 4 is 29.0 Å². The second kappa shape index (κ2) is 15.3. The minimum atomic E-state index is -0.390.